The van der Waals surface area contributed by atoms with E-state index >= 15 is 0 Å². The lowest BCUT2D eigenvalue weighted by molar-refractivity contribution is 0.0889. The van der Waals surface area contributed by atoms with Crippen LogP contribution in [0.1, 0.15) is 52.8 Å². The number of nitrogens with zero attached hydrogens (tertiary/aromatic N) is 1. The van der Waals surface area contributed by atoms with Crippen LogP contribution in [0.25, 0.3) is 22.4 Å². The maximum Gasteiger partial charge on any atom is 0.248 e. The van der Waals surface area contributed by atoms with Gasteiger partial charge in [0.25, 0.3) is 0 Å². The molecule has 1 aromatic heterocycles. The number of hydrogen-bond acceptors (Lipinski definition) is 3. The number of carbonyl (C=O) groups excluding carboxylic acids is 2. The van der Waals surface area contributed by atoms with Crippen LogP contribution in [0.3, 0.4) is 0 Å². The predicted molar refractivity (Wildman–Crippen MR) is 101 cm³/mol. The Labute approximate surface area is 151 Å². The largest absolute Gasteiger partial charge is 0.366 e. The molecule has 0 spiro atoms. The Morgan fingerprint density at radius 1 is 0.962 bits per heavy atom. The molecule has 1 aliphatic rings. The Balaban J connectivity index is 1.59. The molecule has 5 heteroatoms. The molecule has 5 nitrogen and oxygen atoms in total. The van der Waals surface area contributed by atoms with Gasteiger partial charge < -0.3 is 10.7 Å². The molecule has 0 unspecified atom stereocenters. The average Bonchev–Trinajstić information content (AvgIpc) is 3.11. The Kier molecular flexibility index (Phi) is 4.29. The fourth-order valence-corrected chi connectivity index (χ4v) is 3.69. The molecule has 0 saturated heterocycles. The number of rotatable bonds is 4. The predicted octanol–water partition coefficient (Wildman–Crippen LogP) is 4.09. The van der Waals surface area contributed by atoms with Gasteiger partial charge in [-0.3, -0.25) is 9.59 Å². The summed E-state index contributed by atoms with van der Waals surface area (Å²) in [5.74, 6) is 0.673. The third-order valence-corrected chi connectivity index (χ3v) is 5.19. The molecule has 1 heterocycles. The number of nitrogens with one attached hydrogen (secondary N) is 1. The van der Waals surface area contributed by atoms with Crippen LogP contribution in [0.5, 0.6) is 0 Å². The first kappa shape index (κ1) is 16.5. The molecular formula is C21H21N3O2. The van der Waals surface area contributed by atoms with Crippen molar-refractivity contribution < 1.29 is 9.59 Å². The van der Waals surface area contributed by atoms with E-state index in [1.165, 1.54) is 6.42 Å². The maximum atomic E-state index is 12.6. The van der Waals surface area contributed by atoms with E-state index in [-0.39, 0.29) is 11.7 Å². The van der Waals surface area contributed by atoms with Gasteiger partial charge in [0.1, 0.15) is 5.82 Å². The highest BCUT2D eigenvalue weighted by atomic mass is 16.1. The van der Waals surface area contributed by atoms with Crippen molar-refractivity contribution in [2.45, 2.75) is 32.1 Å². The van der Waals surface area contributed by atoms with Crippen LogP contribution in [0.2, 0.25) is 0 Å². The fraction of sp³-hybridized carbons (Fsp3) is 0.286. The summed E-state index contributed by atoms with van der Waals surface area (Å²) in [6, 6.07) is 12.8. The van der Waals surface area contributed by atoms with Crippen LogP contribution in [0.15, 0.2) is 42.5 Å². The van der Waals surface area contributed by atoms with E-state index in [2.05, 4.69) is 9.97 Å². The number of amides is 1. The average molecular weight is 347 g/mol. The Hall–Kier alpha value is -2.95. The second kappa shape index (κ2) is 6.75. The van der Waals surface area contributed by atoms with Gasteiger partial charge in [-0.05, 0) is 31.0 Å². The zero-order chi connectivity index (χ0) is 18.1. The second-order valence-electron chi connectivity index (χ2n) is 6.96. The van der Waals surface area contributed by atoms with E-state index in [0.29, 0.717) is 11.4 Å². The van der Waals surface area contributed by atoms with Crippen molar-refractivity contribution in [3.63, 3.8) is 0 Å². The molecule has 3 aromatic rings. The van der Waals surface area contributed by atoms with Gasteiger partial charge in [-0.1, -0.05) is 43.5 Å². The normalized spacial score (nSPS) is 15.2. The Morgan fingerprint density at radius 3 is 2.35 bits per heavy atom. The molecule has 4 rings (SSSR count). The van der Waals surface area contributed by atoms with Crippen molar-refractivity contribution in [3.8, 4) is 11.4 Å². The number of ketones is 1. The highest BCUT2D eigenvalue weighted by Gasteiger charge is 2.22. The number of hydrogen-bond donors (Lipinski definition) is 2. The lowest BCUT2D eigenvalue weighted by Gasteiger charge is -2.20. The number of carbonyl (C=O) groups is 2. The van der Waals surface area contributed by atoms with Crippen LogP contribution in [-0.4, -0.2) is 21.7 Å². The topological polar surface area (TPSA) is 88.8 Å². The van der Waals surface area contributed by atoms with Crippen molar-refractivity contribution in [2.75, 3.05) is 0 Å². The van der Waals surface area contributed by atoms with E-state index in [1.807, 2.05) is 24.3 Å². The van der Waals surface area contributed by atoms with Gasteiger partial charge in [0, 0.05) is 22.6 Å². The van der Waals surface area contributed by atoms with Crippen molar-refractivity contribution >= 4 is 22.7 Å². The molecule has 26 heavy (non-hydrogen) atoms. The van der Waals surface area contributed by atoms with Crippen molar-refractivity contribution in [1.82, 2.24) is 9.97 Å². The molecule has 0 aliphatic heterocycles. The monoisotopic (exact) mass is 347 g/mol. The van der Waals surface area contributed by atoms with E-state index in [4.69, 9.17) is 5.73 Å². The molecule has 1 saturated carbocycles. The van der Waals surface area contributed by atoms with E-state index in [1.54, 1.807) is 18.2 Å². The summed E-state index contributed by atoms with van der Waals surface area (Å²) in [6.07, 6.45) is 5.56. The Morgan fingerprint density at radius 2 is 1.65 bits per heavy atom. The third-order valence-electron chi connectivity index (χ3n) is 5.19. The number of imidazole rings is 1. The van der Waals surface area contributed by atoms with Crippen LogP contribution in [0.4, 0.5) is 0 Å². The quantitative estimate of drug-likeness (QED) is 0.697. The molecule has 1 aliphatic carbocycles. The smallest absolute Gasteiger partial charge is 0.248 e. The number of H-pyrrole nitrogens is 1. The summed E-state index contributed by atoms with van der Waals surface area (Å²) in [6.45, 7) is 0. The molecule has 0 bridgehead atoms. The molecule has 3 N–H and O–H groups in total. The number of fused-ring (bicyclic) bond motifs is 1. The van der Waals surface area contributed by atoms with E-state index in [9.17, 15) is 9.59 Å². The van der Waals surface area contributed by atoms with E-state index in [0.717, 1.165) is 47.8 Å². The van der Waals surface area contributed by atoms with Gasteiger partial charge in [0.15, 0.2) is 5.78 Å². The SMILES string of the molecule is NC(=O)c1ccc2nc(-c3ccc(C(=O)C4CCCCC4)cc3)[nH]c2c1. The summed E-state index contributed by atoms with van der Waals surface area (Å²) < 4.78 is 0. The van der Waals surface area contributed by atoms with Crippen LogP contribution >= 0.6 is 0 Å². The minimum absolute atomic E-state index is 0.174. The standard InChI is InChI=1S/C21H21N3O2/c22-20(26)16-10-11-17-18(12-16)24-21(23-17)15-8-6-14(7-9-15)19(25)13-4-2-1-3-5-13/h6-13H,1-5H2,(H2,22,26)(H,23,24). The molecule has 1 amide bonds. The van der Waals surface area contributed by atoms with Gasteiger partial charge in [0.05, 0.1) is 11.0 Å². The molecule has 132 valence electrons. The Bertz CT molecular complexity index is 967. The van der Waals surface area contributed by atoms with Gasteiger partial charge in [0.2, 0.25) is 5.91 Å². The van der Waals surface area contributed by atoms with E-state index < -0.39 is 5.91 Å². The van der Waals surface area contributed by atoms with Gasteiger partial charge >= 0.3 is 0 Å². The number of aromatic amines is 1. The molecule has 0 atom stereocenters. The molecule has 2 aromatic carbocycles. The summed E-state index contributed by atoms with van der Waals surface area (Å²) in [4.78, 5) is 31.7. The summed E-state index contributed by atoms with van der Waals surface area (Å²) >= 11 is 0. The zero-order valence-corrected chi connectivity index (χ0v) is 14.5. The van der Waals surface area contributed by atoms with Gasteiger partial charge in [-0.25, -0.2) is 4.98 Å². The molecular weight excluding hydrogens is 326 g/mol. The maximum absolute atomic E-state index is 12.6. The summed E-state index contributed by atoms with van der Waals surface area (Å²) in [7, 11) is 0. The molecule has 0 radical (unpaired) electrons. The van der Waals surface area contributed by atoms with Crippen molar-refractivity contribution in [3.05, 3.63) is 53.6 Å². The lowest BCUT2D eigenvalue weighted by Crippen LogP contribution is -2.17. The zero-order valence-electron chi connectivity index (χ0n) is 14.5. The fourth-order valence-electron chi connectivity index (χ4n) is 3.69. The first-order valence-corrected chi connectivity index (χ1v) is 9.06. The summed E-state index contributed by atoms with van der Waals surface area (Å²) in [5.41, 5.74) is 8.98. The minimum atomic E-state index is -0.464. The van der Waals surface area contributed by atoms with Crippen LogP contribution in [0, 0.1) is 5.92 Å². The number of Topliss-reactive ketones (excluding diaryl/α,β-unsaturated/α-hetero) is 1. The highest BCUT2D eigenvalue weighted by molar-refractivity contribution is 5.98. The third kappa shape index (κ3) is 3.12. The first-order chi connectivity index (χ1) is 12.6. The number of nitrogens with two attached hydrogens (primary N) is 1. The highest BCUT2D eigenvalue weighted by Crippen LogP contribution is 2.28. The number of primary amides is 1. The first-order valence-electron chi connectivity index (χ1n) is 9.06. The number of aromatic nitrogens is 2. The molecule has 1 fully saturated rings. The van der Waals surface area contributed by atoms with Crippen molar-refractivity contribution in [1.29, 1.82) is 0 Å². The van der Waals surface area contributed by atoms with Crippen LogP contribution < -0.4 is 5.73 Å². The lowest BCUT2D eigenvalue weighted by atomic mass is 9.84. The minimum Gasteiger partial charge on any atom is -0.366 e. The van der Waals surface area contributed by atoms with Crippen LogP contribution in [-0.2, 0) is 0 Å². The summed E-state index contributed by atoms with van der Waals surface area (Å²) in [5, 5.41) is 0. The van der Waals surface area contributed by atoms with Gasteiger partial charge in [-0.15, -0.1) is 0 Å². The second-order valence-corrected chi connectivity index (χ2v) is 6.96. The number of benzene rings is 2. The van der Waals surface area contributed by atoms with Crippen molar-refractivity contribution in [2.24, 2.45) is 11.7 Å². The van der Waals surface area contributed by atoms with Gasteiger partial charge in [-0.2, -0.15) is 0 Å².